The fourth-order valence-corrected chi connectivity index (χ4v) is 2.10. The van der Waals surface area contributed by atoms with Gasteiger partial charge < -0.3 is 12.9 Å². The van der Waals surface area contributed by atoms with Gasteiger partial charge in [-0.1, -0.05) is 11.6 Å². The summed E-state index contributed by atoms with van der Waals surface area (Å²) in [7, 11) is 0. The molecule has 0 atom stereocenters. The zero-order valence-electron chi connectivity index (χ0n) is 8.03. The number of terminal acetylenes is 1. The number of benzene rings is 1. The minimum Gasteiger partial charge on any atom is -0.445 e. The van der Waals surface area contributed by atoms with Crippen LogP contribution in [0.3, 0.4) is 0 Å². The van der Waals surface area contributed by atoms with E-state index in [-0.39, 0.29) is 12.0 Å². The highest BCUT2D eigenvalue weighted by Gasteiger charge is 2.28. The zero-order chi connectivity index (χ0) is 11.6. The molecule has 0 bridgehead atoms. The van der Waals surface area contributed by atoms with Crippen molar-refractivity contribution < 1.29 is 12.9 Å². The first kappa shape index (κ1) is 12.4. The second-order valence-electron chi connectivity index (χ2n) is 3.23. The minimum absolute atomic E-state index is 0.238. The second kappa shape index (κ2) is 4.48. The van der Waals surface area contributed by atoms with Crippen molar-refractivity contribution in [3.05, 3.63) is 26.8 Å². The molecule has 0 heterocycles. The van der Waals surface area contributed by atoms with E-state index in [0.29, 0.717) is 9.13 Å². The third-order valence-electron chi connectivity index (χ3n) is 2.17. The van der Waals surface area contributed by atoms with Crippen LogP contribution < -0.4 is 5.46 Å². The summed E-state index contributed by atoms with van der Waals surface area (Å²) in [6, 6.07) is 2.86. The molecule has 0 N–H and O–H groups in total. The Morgan fingerprint density at radius 1 is 1.40 bits per heavy atom. The monoisotopic (exact) mass is 323 g/mol. The van der Waals surface area contributed by atoms with Crippen LogP contribution in [-0.4, -0.2) is 6.98 Å². The van der Waals surface area contributed by atoms with Crippen LogP contribution in [0.5, 0.6) is 0 Å². The summed E-state index contributed by atoms with van der Waals surface area (Å²) in [5.74, 6) is 2.37. The van der Waals surface area contributed by atoms with Gasteiger partial charge in [0.15, 0.2) is 0 Å². The van der Waals surface area contributed by atoms with Crippen LogP contribution in [0.2, 0.25) is 0 Å². The van der Waals surface area contributed by atoms with Crippen molar-refractivity contribution in [3.63, 3.8) is 0 Å². The van der Waals surface area contributed by atoms with E-state index in [1.165, 1.54) is 6.92 Å². The first-order valence-electron chi connectivity index (χ1n) is 4.28. The molecule has 15 heavy (non-hydrogen) atoms. The lowest BCUT2D eigenvalue weighted by Crippen LogP contribution is -2.37. The van der Waals surface area contributed by atoms with E-state index in [2.05, 4.69) is 5.92 Å². The van der Waals surface area contributed by atoms with Gasteiger partial charge >= 0.3 is 6.98 Å². The molecule has 0 unspecified atom stereocenters. The largest absolute Gasteiger partial charge is 0.509 e. The van der Waals surface area contributed by atoms with Crippen molar-refractivity contribution >= 4 is 35.0 Å². The lowest BCUT2D eigenvalue weighted by molar-refractivity contribution is 0.500. The Balaban J connectivity index is 3.36. The second-order valence-corrected chi connectivity index (χ2v) is 4.48. The molecule has 0 nitrogen and oxygen atoms in total. The zero-order valence-corrected chi connectivity index (χ0v) is 10.2. The fourth-order valence-electron chi connectivity index (χ4n) is 1.39. The van der Waals surface area contributed by atoms with E-state index in [4.69, 9.17) is 6.42 Å². The molecule has 0 aromatic heterocycles. The van der Waals surface area contributed by atoms with Gasteiger partial charge in [-0.15, -0.1) is 17.8 Å². The summed E-state index contributed by atoms with van der Waals surface area (Å²) in [6.45, 7) is -3.49. The van der Waals surface area contributed by atoms with Crippen LogP contribution in [0.25, 0.3) is 0 Å². The van der Waals surface area contributed by atoms with Crippen LogP contribution in [0.4, 0.5) is 12.9 Å². The van der Waals surface area contributed by atoms with Crippen molar-refractivity contribution in [1.82, 2.24) is 0 Å². The molecule has 0 saturated heterocycles. The Kier molecular flexibility index (Phi) is 3.71. The van der Waals surface area contributed by atoms with Crippen LogP contribution in [0.1, 0.15) is 11.1 Å². The third kappa shape index (κ3) is 2.91. The van der Waals surface area contributed by atoms with Gasteiger partial charge in [0.2, 0.25) is 0 Å². The average Bonchev–Trinajstić information content (AvgIpc) is 2.09. The maximum absolute atomic E-state index is 12.7. The predicted molar refractivity (Wildman–Crippen MR) is 65.1 cm³/mol. The van der Waals surface area contributed by atoms with E-state index in [9.17, 15) is 12.9 Å². The molecule has 0 amide bonds. The summed E-state index contributed by atoms with van der Waals surface area (Å²) >= 11 is 1.87. The Hall–Kier alpha value is -0.635. The van der Waals surface area contributed by atoms with Crippen molar-refractivity contribution in [2.75, 3.05) is 0 Å². The lowest BCUT2D eigenvalue weighted by Gasteiger charge is -2.20. The SMILES string of the molecule is C#CCc1cc(I)cc([B-](F)(F)F)c1C. The molecular formula is C10H8BF3I-. The van der Waals surface area contributed by atoms with Gasteiger partial charge in [0, 0.05) is 9.99 Å². The standard InChI is InChI=1S/C10H8BF3I/c1-3-4-8-5-9(15)6-10(7(8)2)11(12,13)14/h1,5-6H,4H2,2H3/q-1. The van der Waals surface area contributed by atoms with E-state index in [1.54, 1.807) is 6.07 Å². The van der Waals surface area contributed by atoms with Crippen molar-refractivity contribution in [2.45, 2.75) is 13.3 Å². The molecule has 0 saturated carbocycles. The van der Waals surface area contributed by atoms with Gasteiger partial charge in [0.05, 0.1) is 0 Å². The molecule has 0 spiro atoms. The van der Waals surface area contributed by atoms with Crippen molar-refractivity contribution in [2.24, 2.45) is 0 Å². The fraction of sp³-hybridized carbons (Fsp3) is 0.200. The Bertz CT molecular complexity index is 418. The third-order valence-corrected chi connectivity index (χ3v) is 2.79. The summed E-state index contributed by atoms with van der Waals surface area (Å²) in [4.78, 5) is 0. The normalized spacial score (nSPS) is 11.2. The molecule has 0 aliphatic carbocycles. The van der Waals surface area contributed by atoms with Gasteiger partial charge in [-0.3, -0.25) is 0 Å². The molecule has 0 radical (unpaired) electrons. The predicted octanol–water partition coefficient (Wildman–Crippen LogP) is 2.83. The van der Waals surface area contributed by atoms with Gasteiger partial charge in [0.1, 0.15) is 0 Å². The topological polar surface area (TPSA) is 0 Å². The highest BCUT2D eigenvalue weighted by molar-refractivity contribution is 14.1. The van der Waals surface area contributed by atoms with Crippen LogP contribution >= 0.6 is 22.6 Å². The van der Waals surface area contributed by atoms with Gasteiger partial charge in [0.25, 0.3) is 0 Å². The highest BCUT2D eigenvalue weighted by Crippen LogP contribution is 2.18. The minimum atomic E-state index is -4.96. The van der Waals surface area contributed by atoms with E-state index >= 15 is 0 Å². The Morgan fingerprint density at radius 2 is 2.00 bits per heavy atom. The molecule has 1 aromatic rings. The van der Waals surface area contributed by atoms with Crippen LogP contribution in [0, 0.1) is 22.8 Å². The molecule has 1 aromatic carbocycles. The Morgan fingerprint density at radius 3 is 2.47 bits per heavy atom. The highest BCUT2D eigenvalue weighted by atomic mass is 127. The van der Waals surface area contributed by atoms with Gasteiger partial charge in [-0.25, -0.2) is 0 Å². The molecule has 0 fully saturated rings. The maximum atomic E-state index is 12.7. The molecule has 0 aliphatic rings. The van der Waals surface area contributed by atoms with E-state index in [0.717, 1.165) is 6.07 Å². The lowest BCUT2D eigenvalue weighted by atomic mass is 9.75. The summed E-state index contributed by atoms with van der Waals surface area (Å²) in [6.07, 6.45) is 5.35. The van der Waals surface area contributed by atoms with Gasteiger partial charge in [-0.2, -0.15) is 0 Å². The smallest absolute Gasteiger partial charge is 0.445 e. The van der Waals surface area contributed by atoms with Crippen molar-refractivity contribution in [1.29, 1.82) is 0 Å². The molecule has 5 heteroatoms. The first-order chi connectivity index (χ1) is 6.86. The molecule has 1 rings (SSSR count). The summed E-state index contributed by atoms with van der Waals surface area (Å²) in [5.41, 5.74) is 0.298. The van der Waals surface area contributed by atoms with E-state index < -0.39 is 12.4 Å². The van der Waals surface area contributed by atoms with Crippen LogP contribution in [-0.2, 0) is 6.42 Å². The molecular weight excluding hydrogens is 315 g/mol. The Labute approximate surface area is 100 Å². The summed E-state index contributed by atoms with van der Waals surface area (Å²) < 4.78 is 38.5. The average molecular weight is 323 g/mol. The number of rotatable bonds is 2. The number of hydrogen-bond acceptors (Lipinski definition) is 0. The van der Waals surface area contributed by atoms with Crippen LogP contribution in [0.15, 0.2) is 12.1 Å². The van der Waals surface area contributed by atoms with Gasteiger partial charge in [-0.05, 0) is 41.1 Å². The quantitative estimate of drug-likeness (QED) is 0.446. The number of halogens is 4. The van der Waals surface area contributed by atoms with E-state index in [1.807, 2.05) is 22.6 Å². The number of hydrogen-bond donors (Lipinski definition) is 0. The molecule has 0 aliphatic heterocycles. The van der Waals surface area contributed by atoms with Crippen molar-refractivity contribution in [3.8, 4) is 12.3 Å². The maximum Gasteiger partial charge on any atom is 0.509 e. The molecule has 80 valence electrons. The summed E-state index contributed by atoms with van der Waals surface area (Å²) in [5, 5.41) is 0. The first-order valence-corrected chi connectivity index (χ1v) is 5.36.